The van der Waals surface area contributed by atoms with Crippen LogP contribution in [0.1, 0.15) is 27.5 Å². The summed E-state index contributed by atoms with van der Waals surface area (Å²) >= 11 is 1.18. The zero-order valence-electron chi connectivity index (χ0n) is 18.5. The first-order valence-corrected chi connectivity index (χ1v) is 11.9. The fourth-order valence-corrected chi connectivity index (χ4v) is 5.00. The smallest absolute Gasteiger partial charge is 0.255 e. The molecule has 0 saturated heterocycles. The van der Waals surface area contributed by atoms with Gasteiger partial charge in [0.1, 0.15) is 17.7 Å². The predicted octanol–water partition coefficient (Wildman–Crippen LogP) is 5.30. The van der Waals surface area contributed by atoms with E-state index in [0.717, 1.165) is 40.2 Å². The summed E-state index contributed by atoms with van der Waals surface area (Å²) in [4.78, 5) is 32.2. The van der Waals surface area contributed by atoms with Gasteiger partial charge in [-0.1, -0.05) is 18.2 Å². The zero-order valence-corrected chi connectivity index (χ0v) is 19.4. The molecule has 3 aromatic carbocycles. The van der Waals surface area contributed by atoms with Gasteiger partial charge in [0.05, 0.1) is 11.7 Å². The molecule has 1 aliphatic rings. The van der Waals surface area contributed by atoms with E-state index < -0.39 is 29.5 Å². The maximum absolute atomic E-state index is 14.8. The van der Waals surface area contributed by atoms with E-state index in [1.807, 2.05) is 30.3 Å². The summed E-state index contributed by atoms with van der Waals surface area (Å²) in [6, 6.07) is 12.7. The second kappa shape index (κ2) is 8.65. The van der Waals surface area contributed by atoms with Crippen LogP contribution in [0, 0.1) is 11.6 Å². The Hall–Kier alpha value is -4.44. The third kappa shape index (κ3) is 3.81. The molecule has 0 bridgehead atoms. The highest BCUT2D eigenvalue weighted by molar-refractivity contribution is 7.13. The molecule has 2 N–H and O–H groups in total. The average Bonchev–Trinajstić information content (AvgIpc) is 3.62. The Balaban J connectivity index is 1.38. The number of fused-ring (bicyclic) bond motifs is 2. The number of amides is 2. The summed E-state index contributed by atoms with van der Waals surface area (Å²) in [5.74, 6) is -2.62. The van der Waals surface area contributed by atoms with E-state index in [2.05, 4.69) is 20.5 Å². The zero-order chi connectivity index (χ0) is 24.8. The van der Waals surface area contributed by atoms with Crippen LogP contribution in [0.4, 0.5) is 13.9 Å². The summed E-state index contributed by atoms with van der Waals surface area (Å²) in [5.41, 5.74) is 3.48. The number of nitrogens with zero attached hydrogens (tertiary/aromatic N) is 3. The highest BCUT2D eigenvalue weighted by atomic mass is 32.1. The van der Waals surface area contributed by atoms with Crippen molar-refractivity contribution in [3.63, 3.8) is 0 Å². The van der Waals surface area contributed by atoms with Crippen molar-refractivity contribution in [3.05, 3.63) is 101 Å². The summed E-state index contributed by atoms with van der Waals surface area (Å²) in [5, 5.41) is 12.5. The molecule has 0 radical (unpaired) electrons. The Labute approximate surface area is 207 Å². The van der Waals surface area contributed by atoms with Crippen LogP contribution in [0.5, 0.6) is 0 Å². The van der Waals surface area contributed by atoms with E-state index >= 15 is 0 Å². The van der Waals surface area contributed by atoms with Gasteiger partial charge in [0.25, 0.3) is 11.8 Å². The van der Waals surface area contributed by atoms with Crippen LogP contribution >= 0.6 is 11.3 Å². The van der Waals surface area contributed by atoms with Crippen molar-refractivity contribution in [1.29, 1.82) is 0 Å². The van der Waals surface area contributed by atoms with E-state index in [-0.39, 0.29) is 12.1 Å². The van der Waals surface area contributed by atoms with Crippen molar-refractivity contribution < 1.29 is 18.4 Å². The number of aromatic nitrogens is 3. The lowest BCUT2D eigenvalue weighted by Crippen LogP contribution is -2.38. The van der Waals surface area contributed by atoms with Crippen molar-refractivity contribution in [2.24, 2.45) is 0 Å². The Morgan fingerprint density at radius 2 is 1.92 bits per heavy atom. The second-order valence-corrected chi connectivity index (χ2v) is 9.27. The third-order valence-electron chi connectivity index (χ3n) is 6.19. The number of benzene rings is 3. The minimum atomic E-state index is -1.39. The molecule has 0 fully saturated rings. The van der Waals surface area contributed by atoms with Gasteiger partial charge >= 0.3 is 0 Å². The van der Waals surface area contributed by atoms with Gasteiger partial charge in [-0.05, 0) is 53.1 Å². The van der Waals surface area contributed by atoms with E-state index in [4.69, 9.17) is 0 Å². The molecule has 36 heavy (non-hydrogen) atoms. The lowest BCUT2D eigenvalue weighted by atomic mass is 9.99. The summed E-state index contributed by atoms with van der Waals surface area (Å²) in [6.45, 7) is 0.0706. The van der Waals surface area contributed by atoms with Crippen LogP contribution < -0.4 is 5.32 Å². The van der Waals surface area contributed by atoms with Gasteiger partial charge < -0.3 is 4.90 Å². The Bertz CT molecular complexity index is 1630. The highest BCUT2D eigenvalue weighted by Gasteiger charge is 2.39. The van der Waals surface area contributed by atoms with Crippen LogP contribution in [-0.2, 0) is 11.3 Å². The van der Waals surface area contributed by atoms with Crippen LogP contribution in [0.25, 0.3) is 22.0 Å². The lowest BCUT2D eigenvalue weighted by Gasteiger charge is -2.27. The highest BCUT2D eigenvalue weighted by Crippen LogP contribution is 2.36. The maximum Gasteiger partial charge on any atom is 0.255 e. The number of hydrogen-bond donors (Lipinski definition) is 2. The lowest BCUT2D eigenvalue weighted by molar-refractivity contribution is -0.120. The molecule has 2 aromatic heterocycles. The monoisotopic (exact) mass is 501 g/mol. The van der Waals surface area contributed by atoms with E-state index in [1.165, 1.54) is 22.4 Å². The molecular weight excluding hydrogens is 484 g/mol. The predicted molar refractivity (Wildman–Crippen MR) is 131 cm³/mol. The van der Waals surface area contributed by atoms with E-state index in [9.17, 15) is 18.4 Å². The number of carbonyl (C=O) groups excluding carboxylic acids is 2. The molecule has 178 valence electrons. The number of halogens is 2. The molecule has 7 nitrogen and oxygen atoms in total. The molecule has 0 aliphatic carbocycles. The van der Waals surface area contributed by atoms with Gasteiger partial charge in [-0.15, -0.1) is 11.3 Å². The number of nitrogens with one attached hydrogen (secondary N) is 2. The van der Waals surface area contributed by atoms with Crippen LogP contribution in [0.15, 0.2) is 72.4 Å². The van der Waals surface area contributed by atoms with Gasteiger partial charge in [0, 0.05) is 34.6 Å². The maximum atomic E-state index is 14.8. The van der Waals surface area contributed by atoms with Gasteiger partial charge in [-0.25, -0.2) is 13.8 Å². The van der Waals surface area contributed by atoms with Crippen LogP contribution in [0.2, 0.25) is 0 Å². The largest absolute Gasteiger partial charge is 0.318 e. The molecule has 6 rings (SSSR count). The minimum absolute atomic E-state index is 0.0706. The normalized spacial score (nSPS) is 13.7. The van der Waals surface area contributed by atoms with Gasteiger partial charge in [-0.3, -0.25) is 20.0 Å². The number of carbonyl (C=O) groups is 2. The molecule has 1 aliphatic heterocycles. The van der Waals surface area contributed by atoms with Crippen molar-refractivity contribution in [3.8, 4) is 11.1 Å². The van der Waals surface area contributed by atoms with Gasteiger partial charge in [-0.2, -0.15) is 5.10 Å². The number of rotatable bonds is 5. The number of thiazole rings is 1. The van der Waals surface area contributed by atoms with E-state index in [0.29, 0.717) is 16.3 Å². The molecule has 1 unspecified atom stereocenters. The van der Waals surface area contributed by atoms with Gasteiger partial charge in [0.2, 0.25) is 0 Å². The van der Waals surface area contributed by atoms with Crippen molar-refractivity contribution in [1.82, 2.24) is 20.1 Å². The first-order chi connectivity index (χ1) is 17.5. The molecule has 0 saturated carbocycles. The first-order valence-electron chi connectivity index (χ1n) is 11.0. The minimum Gasteiger partial charge on any atom is -0.318 e. The SMILES string of the molecule is O=C(Nc1nccs1)C(c1cc(F)ccc1F)N1Cc2ccc(-c3ccc4[nH]ncc4c3)cc2C1=O. The number of hydrogen-bond acceptors (Lipinski definition) is 5. The van der Waals surface area contributed by atoms with Crippen molar-refractivity contribution in [2.45, 2.75) is 12.6 Å². The Morgan fingerprint density at radius 3 is 2.75 bits per heavy atom. The van der Waals surface area contributed by atoms with E-state index in [1.54, 1.807) is 17.6 Å². The number of anilines is 1. The first kappa shape index (κ1) is 22.1. The van der Waals surface area contributed by atoms with Crippen LogP contribution in [0.3, 0.4) is 0 Å². The third-order valence-corrected chi connectivity index (χ3v) is 6.88. The molecular formula is C26H17F2N5O2S. The molecule has 2 amide bonds. The quantitative estimate of drug-likeness (QED) is 0.342. The molecule has 1 atom stereocenters. The summed E-state index contributed by atoms with van der Waals surface area (Å²) in [6.07, 6.45) is 3.23. The topological polar surface area (TPSA) is 91.0 Å². The van der Waals surface area contributed by atoms with Crippen LogP contribution in [-0.4, -0.2) is 31.9 Å². The fraction of sp³-hybridized carbons (Fsp3) is 0.0769. The standard InChI is InChI=1S/C26H17F2N5O2S/c27-18-4-5-21(28)20(11-18)23(24(34)31-26-29-7-8-36-26)33-13-16-2-1-15(10-19(16)25(33)35)14-3-6-22-17(9-14)12-30-32-22/h1-12,23H,13H2,(H,30,32)(H,29,31,34). The molecule has 0 spiro atoms. The van der Waals surface area contributed by atoms with Crippen molar-refractivity contribution >= 4 is 39.2 Å². The summed E-state index contributed by atoms with van der Waals surface area (Å²) < 4.78 is 29.0. The second-order valence-electron chi connectivity index (χ2n) is 8.37. The summed E-state index contributed by atoms with van der Waals surface area (Å²) in [7, 11) is 0. The average molecular weight is 502 g/mol. The fourth-order valence-electron chi connectivity index (χ4n) is 4.47. The molecule has 3 heterocycles. The number of aromatic amines is 1. The molecule has 10 heteroatoms. The van der Waals surface area contributed by atoms with Crippen molar-refractivity contribution in [2.75, 3.05) is 5.32 Å². The van der Waals surface area contributed by atoms with Gasteiger partial charge in [0.15, 0.2) is 5.13 Å². The Morgan fingerprint density at radius 1 is 1.08 bits per heavy atom. The number of H-pyrrole nitrogens is 1. The molecule has 5 aromatic rings. The Kier molecular flexibility index (Phi) is 5.30.